The van der Waals surface area contributed by atoms with Gasteiger partial charge in [-0.1, -0.05) is 12.8 Å². The number of carbonyl (C=O) groups excluding carboxylic acids is 1. The lowest BCUT2D eigenvalue weighted by atomic mass is 9.81. The first-order chi connectivity index (χ1) is 11.5. The minimum Gasteiger partial charge on any atom is -0.481 e. The van der Waals surface area contributed by atoms with Gasteiger partial charge in [-0.3, -0.25) is 14.5 Å². The number of thiophene rings is 1. The number of carboxylic acids is 1. The quantitative estimate of drug-likeness (QED) is 0.911. The number of aliphatic carboxylic acids is 1. The third kappa shape index (κ3) is 2.39. The molecule has 1 unspecified atom stereocenters. The molecule has 1 saturated carbocycles. The molecule has 1 aromatic heterocycles. The molecule has 130 valence electrons. The molecule has 1 aromatic rings. The van der Waals surface area contributed by atoms with Gasteiger partial charge in [0.2, 0.25) is 0 Å². The van der Waals surface area contributed by atoms with Crippen molar-refractivity contribution < 1.29 is 14.7 Å². The molecule has 0 bridgehead atoms. The minimum absolute atomic E-state index is 0.00458. The SMILES string of the molecule is Cc1ccsc1C(=O)N1CC2CN(C3CCCC3)C[C@@]2(C(=O)O)C1. The highest BCUT2D eigenvalue weighted by molar-refractivity contribution is 7.12. The van der Waals surface area contributed by atoms with Gasteiger partial charge < -0.3 is 10.0 Å². The predicted molar refractivity (Wildman–Crippen MR) is 92.3 cm³/mol. The van der Waals surface area contributed by atoms with Crippen LogP contribution in [0.15, 0.2) is 11.4 Å². The number of carbonyl (C=O) groups is 2. The minimum atomic E-state index is -0.774. The van der Waals surface area contributed by atoms with Crippen molar-refractivity contribution in [3.05, 3.63) is 21.9 Å². The Morgan fingerprint density at radius 1 is 1.25 bits per heavy atom. The number of rotatable bonds is 3. The zero-order chi connectivity index (χ0) is 16.9. The van der Waals surface area contributed by atoms with E-state index in [1.165, 1.54) is 37.0 Å². The predicted octanol–water partition coefficient (Wildman–Crippen LogP) is 2.46. The molecular weight excluding hydrogens is 324 g/mol. The molecule has 4 rings (SSSR count). The fraction of sp³-hybridized carbons (Fsp3) is 0.667. The molecular formula is C18H24N2O3S. The van der Waals surface area contributed by atoms with Gasteiger partial charge in [0.05, 0.1) is 4.88 Å². The number of nitrogens with zero attached hydrogens (tertiary/aromatic N) is 2. The maximum atomic E-state index is 12.8. The molecule has 3 aliphatic rings. The van der Waals surface area contributed by atoms with Gasteiger partial charge in [-0.15, -0.1) is 11.3 Å². The van der Waals surface area contributed by atoms with Gasteiger partial charge in [-0.2, -0.15) is 0 Å². The molecule has 24 heavy (non-hydrogen) atoms. The molecule has 3 fully saturated rings. The summed E-state index contributed by atoms with van der Waals surface area (Å²) >= 11 is 1.45. The molecule has 1 amide bonds. The number of hydrogen-bond acceptors (Lipinski definition) is 4. The van der Waals surface area contributed by atoms with E-state index in [1.807, 2.05) is 18.4 Å². The van der Waals surface area contributed by atoms with Crippen LogP contribution >= 0.6 is 11.3 Å². The van der Waals surface area contributed by atoms with Crippen LogP contribution in [0.25, 0.3) is 0 Å². The maximum Gasteiger partial charge on any atom is 0.313 e. The van der Waals surface area contributed by atoms with E-state index in [0.29, 0.717) is 25.7 Å². The Labute approximate surface area is 146 Å². The maximum absolute atomic E-state index is 12.8. The van der Waals surface area contributed by atoms with Crippen LogP contribution in [-0.4, -0.2) is 59.0 Å². The molecule has 0 radical (unpaired) electrons. The Morgan fingerprint density at radius 3 is 2.58 bits per heavy atom. The van der Waals surface area contributed by atoms with Gasteiger partial charge in [0, 0.05) is 38.1 Å². The van der Waals surface area contributed by atoms with Crippen molar-refractivity contribution >= 4 is 23.2 Å². The lowest BCUT2D eigenvalue weighted by molar-refractivity contribution is -0.148. The van der Waals surface area contributed by atoms with Gasteiger partial charge >= 0.3 is 5.97 Å². The second-order valence-electron chi connectivity index (χ2n) is 7.64. The van der Waals surface area contributed by atoms with Gasteiger partial charge in [0.1, 0.15) is 5.41 Å². The first-order valence-electron chi connectivity index (χ1n) is 8.82. The van der Waals surface area contributed by atoms with Gasteiger partial charge in [0.15, 0.2) is 0 Å². The van der Waals surface area contributed by atoms with Crippen LogP contribution in [0.2, 0.25) is 0 Å². The van der Waals surface area contributed by atoms with Crippen LogP contribution < -0.4 is 0 Å². The average Bonchev–Trinajstić information content (AvgIpc) is 3.28. The second kappa shape index (κ2) is 5.85. The Balaban J connectivity index is 1.54. The summed E-state index contributed by atoms with van der Waals surface area (Å²) in [6.45, 7) is 4.29. The fourth-order valence-corrected chi connectivity index (χ4v) is 5.74. The van der Waals surface area contributed by atoms with Crippen LogP contribution in [0, 0.1) is 18.3 Å². The second-order valence-corrected chi connectivity index (χ2v) is 8.56. The van der Waals surface area contributed by atoms with Crippen LogP contribution in [0.5, 0.6) is 0 Å². The lowest BCUT2D eigenvalue weighted by Gasteiger charge is -2.28. The van der Waals surface area contributed by atoms with E-state index in [0.717, 1.165) is 17.0 Å². The monoisotopic (exact) mass is 348 g/mol. The molecule has 2 saturated heterocycles. The molecule has 1 N–H and O–H groups in total. The van der Waals surface area contributed by atoms with E-state index in [1.54, 1.807) is 4.90 Å². The Bertz CT molecular complexity index is 667. The Kier molecular flexibility index (Phi) is 3.92. The van der Waals surface area contributed by atoms with Crippen LogP contribution in [0.3, 0.4) is 0 Å². The van der Waals surface area contributed by atoms with Gasteiger partial charge in [0.25, 0.3) is 5.91 Å². The summed E-state index contributed by atoms with van der Waals surface area (Å²) in [4.78, 5) is 29.8. The van der Waals surface area contributed by atoms with Crippen molar-refractivity contribution in [2.24, 2.45) is 11.3 Å². The highest BCUT2D eigenvalue weighted by Crippen LogP contribution is 2.45. The van der Waals surface area contributed by atoms with E-state index in [2.05, 4.69) is 4.90 Å². The number of carboxylic acid groups (broad SMARTS) is 1. The van der Waals surface area contributed by atoms with Crippen LogP contribution in [0.1, 0.15) is 40.9 Å². The number of hydrogen-bond donors (Lipinski definition) is 1. The van der Waals surface area contributed by atoms with E-state index in [4.69, 9.17) is 0 Å². The molecule has 0 spiro atoms. The third-order valence-corrected chi connectivity index (χ3v) is 7.25. The Morgan fingerprint density at radius 2 is 2.00 bits per heavy atom. The summed E-state index contributed by atoms with van der Waals surface area (Å²) in [5.41, 5.74) is 0.211. The number of fused-ring (bicyclic) bond motifs is 1. The zero-order valence-electron chi connectivity index (χ0n) is 14.0. The summed E-state index contributed by atoms with van der Waals surface area (Å²) in [6.07, 6.45) is 4.90. The van der Waals surface area contributed by atoms with E-state index < -0.39 is 11.4 Å². The van der Waals surface area contributed by atoms with Crippen LogP contribution in [-0.2, 0) is 4.79 Å². The van der Waals surface area contributed by atoms with Crippen molar-refractivity contribution in [1.82, 2.24) is 9.80 Å². The third-order valence-electron chi connectivity index (χ3n) is 6.25. The summed E-state index contributed by atoms with van der Waals surface area (Å²) in [6, 6.07) is 2.50. The number of likely N-dealkylation sites (tertiary alicyclic amines) is 2. The molecule has 0 aromatic carbocycles. The average molecular weight is 348 g/mol. The Hall–Kier alpha value is -1.40. The topological polar surface area (TPSA) is 60.9 Å². The normalized spacial score (nSPS) is 30.9. The van der Waals surface area contributed by atoms with Crippen LogP contribution in [0.4, 0.5) is 0 Å². The van der Waals surface area contributed by atoms with E-state index in [9.17, 15) is 14.7 Å². The molecule has 2 aliphatic heterocycles. The lowest BCUT2D eigenvalue weighted by Crippen LogP contribution is -2.43. The number of amides is 1. The molecule has 1 aliphatic carbocycles. The molecule has 2 atom stereocenters. The molecule has 5 nitrogen and oxygen atoms in total. The van der Waals surface area contributed by atoms with Crippen molar-refractivity contribution in [2.75, 3.05) is 26.2 Å². The van der Waals surface area contributed by atoms with Crippen molar-refractivity contribution in [2.45, 2.75) is 38.6 Å². The first kappa shape index (κ1) is 16.1. The largest absolute Gasteiger partial charge is 0.481 e. The molecule has 3 heterocycles. The smallest absolute Gasteiger partial charge is 0.313 e. The highest BCUT2D eigenvalue weighted by Gasteiger charge is 2.59. The summed E-state index contributed by atoms with van der Waals surface area (Å²) in [7, 11) is 0. The highest BCUT2D eigenvalue weighted by atomic mass is 32.1. The van der Waals surface area contributed by atoms with Crippen molar-refractivity contribution in [1.29, 1.82) is 0 Å². The zero-order valence-corrected chi connectivity index (χ0v) is 14.8. The first-order valence-corrected chi connectivity index (χ1v) is 9.70. The summed E-state index contributed by atoms with van der Waals surface area (Å²) in [5.74, 6) is -0.670. The van der Waals surface area contributed by atoms with Crippen molar-refractivity contribution in [3.8, 4) is 0 Å². The standard InChI is InChI=1S/C18H24N2O3S/c1-12-6-7-24-15(12)16(21)20-9-13-8-19(14-4-2-3-5-14)10-18(13,11-20)17(22)23/h6-7,13-14H,2-5,8-11H2,1H3,(H,22,23)/t13?,18-/m1/s1. The van der Waals surface area contributed by atoms with Crippen molar-refractivity contribution in [3.63, 3.8) is 0 Å². The number of aryl methyl sites for hydroxylation is 1. The molecule has 6 heteroatoms. The summed E-state index contributed by atoms with van der Waals surface area (Å²) < 4.78 is 0. The van der Waals surface area contributed by atoms with Gasteiger partial charge in [-0.05, 0) is 36.8 Å². The van der Waals surface area contributed by atoms with Gasteiger partial charge in [-0.25, -0.2) is 0 Å². The summed E-state index contributed by atoms with van der Waals surface area (Å²) in [5, 5.41) is 11.9. The fourth-order valence-electron chi connectivity index (χ4n) is 4.84. The van der Waals surface area contributed by atoms with E-state index in [-0.39, 0.29) is 11.8 Å². The van der Waals surface area contributed by atoms with E-state index >= 15 is 0 Å².